The molecule has 1 amide bonds. The molecule has 3 aromatic carbocycles. The summed E-state index contributed by atoms with van der Waals surface area (Å²) in [5.74, 6) is 0.812. The molecular formula is C30H26N4O5. The average molecular weight is 523 g/mol. The van der Waals surface area contributed by atoms with Gasteiger partial charge in [0.25, 0.3) is 5.91 Å². The fraction of sp³-hybridized carbons (Fsp3) is 0.133. The van der Waals surface area contributed by atoms with Crippen LogP contribution in [-0.4, -0.2) is 51.5 Å². The zero-order valence-corrected chi connectivity index (χ0v) is 21.1. The molecule has 9 nitrogen and oxygen atoms in total. The molecule has 0 radical (unpaired) electrons. The molecule has 2 heterocycles. The van der Waals surface area contributed by atoms with E-state index in [1.165, 1.54) is 6.20 Å². The van der Waals surface area contributed by atoms with E-state index in [1.54, 1.807) is 43.5 Å². The molecule has 1 unspecified atom stereocenters. The average Bonchev–Trinajstić information content (AvgIpc) is 3.42. The van der Waals surface area contributed by atoms with E-state index in [0.29, 0.717) is 23.3 Å². The number of ketones is 1. The van der Waals surface area contributed by atoms with Crippen molar-refractivity contribution in [2.24, 2.45) is 0 Å². The number of imidazole rings is 1. The number of carbonyl (C=O) groups is 2. The molecule has 2 aromatic heterocycles. The number of hydrogen-bond acceptors (Lipinski definition) is 7. The summed E-state index contributed by atoms with van der Waals surface area (Å²) in [6.45, 7) is -0.241. The zero-order chi connectivity index (χ0) is 27.2. The molecule has 0 saturated carbocycles. The number of aliphatic hydroxyl groups is 1. The highest BCUT2D eigenvalue weighted by molar-refractivity contribution is 6.08. The van der Waals surface area contributed by atoms with E-state index < -0.39 is 11.9 Å². The van der Waals surface area contributed by atoms with Crippen LogP contribution in [0.4, 0.5) is 0 Å². The van der Waals surface area contributed by atoms with E-state index in [2.05, 4.69) is 20.3 Å². The number of benzene rings is 3. The van der Waals surface area contributed by atoms with Crippen molar-refractivity contribution in [3.63, 3.8) is 0 Å². The number of aromatic amines is 1. The van der Waals surface area contributed by atoms with E-state index in [-0.39, 0.29) is 29.7 Å². The zero-order valence-electron chi connectivity index (χ0n) is 21.1. The molecule has 39 heavy (non-hydrogen) atoms. The summed E-state index contributed by atoms with van der Waals surface area (Å²) in [4.78, 5) is 37.6. The first-order valence-corrected chi connectivity index (χ1v) is 12.3. The first kappa shape index (κ1) is 25.6. The molecule has 3 N–H and O–H groups in total. The van der Waals surface area contributed by atoms with Crippen LogP contribution in [0.5, 0.6) is 17.4 Å². The van der Waals surface area contributed by atoms with Crippen LogP contribution in [0, 0.1) is 0 Å². The number of H-pyrrole nitrogens is 1. The van der Waals surface area contributed by atoms with Crippen molar-refractivity contribution in [3.8, 4) is 17.4 Å². The van der Waals surface area contributed by atoms with Gasteiger partial charge in [0.1, 0.15) is 17.1 Å². The normalized spacial score (nSPS) is 11.6. The second kappa shape index (κ2) is 11.6. The van der Waals surface area contributed by atoms with Gasteiger partial charge in [-0.25, -0.2) is 9.97 Å². The van der Waals surface area contributed by atoms with Crippen molar-refractivity contribution >= 4 is 22.7 Å². The Labute approximate surface area is 224 Å². The highest BCUT2D eigenvalue weighted by Gasteiger charge is 2.19. The minimum Gasteiger partial charge on any atom is -0.497 e. The lowest BCUT2D eigenvalue weighted by atomic mass is 10.1. The second-order valence-corrected chi connectivity index (χ2v) is 8.82. The number of para-hydroxylation sites is 2. The number of ether oxygens (including phenoxy) is 2. The second-order valence-electron chi connectivity index (χ2n) is 8.82. The van der Waals surface area contributed by atoms with Gasteiger partial charge in [-0.1, -0.05) is 24.3 Å². The van der Waals surface area contributed by atoms with Crippen LogP contribution in [0.15, 0.2) is 91.1 Å². The maximum atomic E-state index is 13.1. The van der Waals surface area contributed by atoms with Crippen LogP contribution in [0.25, 0.3) is 11.0 Å². The van der Waals surface area contributed by atoms with Gasteiger partial charge in [0.05, 0.1) is 30.8 Å². The number of nitrogens with one attached hydrogen (secondary N) is 2. The molecule has 196 valence electrons. The molecule has 9 heteroatoms. The molecule has 0 aliphatic rings. The van der Waals surface area contributed by atoms with Crippen LogP contribution in [-0.2, 0) is 6.42 Å². The van der Waals surface area contributed by atoms with Crippen molar-refractivity contribution in [1.82, 2.24) is 20.3 Å². The summed E-state index contributed by atoms with van der Waals surface area (Å²) in [6, 6.07) is 24.1. The lowest BCUT2D eigenvalue weighted by Crippen LogP contribution is -2.39. The van der Waals surface area contributed by atoms with E-state index in [4.69, 9.17) is 9.47 Å². The first-order chi connectivity index (χ1) is 19.0. The summed E-state index contributed by atoms with van der Waals surface area (Å²) >= 11 is 0. The summed E-state index contributed by atoms with van der Waals surface area (Å²) < 4.78 is 11.1. The van der Waals surface area contributed by atoms with Gasteiger partial charge in [-0.05, 0) is 72.6 Å². The third-order valence-corrected chi connectivity index (χ3v) is 6.15. The van der Waals surface area contributed by atoms with Crippen LogP contribution < -0.4 is 14.8 Å². The largest absolute Gasteiger partial charge is 0.497 e. The predicted molar refractivity (Wildman–Crippen MR) is 145 cm³/mol. The van der Waals surface area contributed by atoms with Gasteiger partial charge in [-0.3, -0.25) is 9.59 Å². The van der Waals surface area contributed by atoms with Gasteiger partial charge in [0.2, 0.25) is 11.7 Å². The Bertz CT molecular complexity index is 1560. The smallest absolute Gasteiger partial charge is 0.257 e. The molecule has 0 spiro atoms. The SMILES string of the molecule is COc1ccc(CC(CO)NC(=O)c2cccnc2Oc2ccc(C(=O)c3nc4ccccc4[nH]3)cc2)cc1. The summed E-state index contributed by atoms with van der Waals surface area (Å²) in [5.41, 5.74) is 3.09. The fourth-order valence-electron chi connectivity index (χ4n) is 4.10. The van der Waals surface area contributed by atoms with Crippen LogP contribution in [0.2, 0.25) is 0 Å². The van der Waals surface area contributed by atoms with E-state index >= 15 is 0 Å². The highest BCUT2D eigenvalue weighted by atomic mass is 16.5. The Morgan fingerprint density at radius 3 is 2.41 bits per heavy atom. The van der Waals surface area contributed by atoms with E-state index in [9.17, 15) is 14.7 Å². The van der Waals surface area contributed by atoms with Gasteiger partial charge in [-0.15, -0.1) is 0 Å². The predicted octanol–water partition coefficient (Wildman–Crippen LogP) is 4.32. The minimum atomic E-state index is -0.512. The minimum absolute atomic E-state index is 0.104. The van der Waals surface area contributed by atoms with Crippen molar-refractivity contribution in [1.29, 1.82) is 0 Å². The molecule has 0 aliphatic heterocycles. The Hall–Kier alpha value is -5.02. The fourth-order valence-corrected chi connectivity index (χ4v) is 4.10. The Morgan fingerprint density at radius 1 is 0.949 bits per heavy atom. The first-order valence-electron chi connectivity index (χ1n) is 12.3. The molecule has 5 rings (SSSR count). The molecular weight excluding hydrogens is 496 g/mol. The van der Waals surface area contributed by atoms with Gasteiger partial charge in [0, 0.05) is 11.8 Å². The summed E-state index contributed by atoms with van der Waals surface area (Å²) in [7, 11) is 1.59. The number of pyridine rings is 1. The number of nitrogens with zero attached hydrogens (tertiary/aromatic N) is 2. The Kier molecular flexibility index (Phi) is 7.60. The van der Waals surface area contributed by atoms with Crippen molar-refractivity contribution in [2.75, 3.05) is 13.7 Å². The molecule has 1 atom stereocenters. The van der Waals surface area contributed by atoms with Crippen LogP contribution in [0.1, 0.15) is 32.1 Å². The third-order valence-electron chi connectivity index (χ3n) is 6.15. The number of rotatable bonds is 10. The molecule has 0 aliphatic carbocycles. The van der Waals surface area contributed by atoms with Gasteiger partial charge < -0.3 is 24.9 Å². The number of aromatic nitrogens is 3. The van der Waals surface area contributed by atoms with Crippen LogP contribution >= 0.6 is 0 Å². The molecule has 0 saturated heterocycles. The van der Waals surface area contributed by atoms with Crippen LogP contribution in [0.3, 0.4) is 0 Å². The number of methoxy groups -OCH3 is 1. The van der Waals surface area contributed by atoms with Crippen molar-refractivity contribution < 1.29 is 24.2 Å². The quantitative estimate of drug-likeness (QED) is 0.233. The van der Waals surface area contributed by atoms with Gasteiger partial charge in [0.15, 0.2) is 5.82 Å². The van der Waals surface area contributed by atoms with Crippen molar-refractivity contribution in [2.45, 2.75) is 12.5 Å². The van der Waals surface area contributed by atoms with E-state index in [1.807, 2.05) is 48.5 Å². The summed E-state index contributed by atoms with van der Waals surface area (Å²) in [6.07, 6.45) is 1.95. The topological polar surface area (TPSA) is 126 Å². The molecule has 0 fully saturated rings. The number of fused-ring (bicyclic) bond motifs is 1. The Balaban J connectivity index is 1.26. The Morgan fingerprint density at radius 2 is 1.69 bits per heavy atom. The third kappa shape index (κ3) is 5.94. The molecule has 5 aromatic rings. The maximum absolute atomic E-state index is 13.1. The lowest BCUT2D eigenvalue weighted by molar-refractivity contribution is 0.0913. The lowest BCUT2D eigenvalue weighted by Gasteiger charge is -2.17. The number of carbonyl (C=O) groups excluding carboxylic acids is 2. The van der Waals surface area contributed by atoms with Gasteiger partial charge >= 0.3 is 0 Å². The summed E-state index contributed by atoms with van der Waals surface area (Å²) in [5, 5.41) is 12.7. The van der Waals surface area contributed by atoms with E-state index in [0.717, 1.165) is 16.8 Å². The number of hydrogen-bond donors (Lipinski definition) is 3. The maximum Gasteiger partial charge on any atom is 0.257 e. The number of amides is 1. The van der Waals surface area contributed by atoms with Gasteiger partial charge in [-0.2, -0.15) is 0 Å². The highest BCUT2D eigenvalue weighted by Crippen LogP contribution is 2.24. The molecule has 0 bridgehead atoms. The monoisotopic (exact) mass is 522 g/mol. The van der Waals surface area contributed by atoms with Crippen molar-refractivity contribution in [3.05, 3.63) is 114 Å². The number of aliphatic hydroxyl groups excluding tert-OH is 1. The standard InChI is InChI=1S/C30H26N4O5/c1-38-22-12-8-19(9-13-22)17-21(18-35)32-29(37)24-5-4-16-31-30(24)39-23-14-10-20(11-15-23)27(36)28-33-25-6-2-3-7-26(25)34-28/h2-16,21,35H,17-18H2,1H3,(H,32,37)(H,33,34).